The Kier molecular flexibility index (Phi) is 5.97. The third-order valence-electron chi connectivity index (χ3n) is 4.48. The number of hydrogen-bond acceptors (Lipinski definition) is 3. The third-order valence-corrected chi connectivity index (χ3v) is 4.48. The van der Waals surface area contributed by atoms with E-state index in [-0.39, 0.29) is 5.82 Å². The van der Waals surface area contributed by atoms with Crippen molar-refractivity contribution in [3.8, 4) is 0 Å². The zero-order valence-electron chi connectivity index (χ0n) is 13.5. The Balaban J connectivity index is 2.09. The molecule has 0 spiro atoms. The summed E-state index contributed by atoms with van der Waals surface area (Å²) < 4.78 is 14.7. The molecule has 1 saturated carbocycles. The van der Waals surface area contributed by atoms with Crippen molar-refractivity contribution in [3.05, 3.63) is 23.6 Å². The van der Waals surface area contributed by atoms with Crippen LogP contribution >= 0.6 is 0 Å². The van der Waals surface area contributed by atoms with Crippen LogP contribution in [0, 0.1) is 11.7 Å². The van der Waals surface area contributed by atoms with Crippen LogP contribution in [-0.4, -0.2) is 24.6 Å². The number of rotatable bonds is 6. The molecule has 118 valence electrons. The quantitative estimate of drug-likeness (QED) is 0.810. The van der Waals surface area contributed by atoms with E-state index in [9.17, 15) is 4.39 Å². The van der Waals surface area contributed by atoms with Crippen LogP contribution in [0.15, 0.2) is 12.3 Å². The fraction of sp³-hybridized carbons (Fsp3) is 0.706. The van der Waals surface area contributed by atoms with Gasteiger partial charge in [0.2, 0.25) is 0 Å². The molecule has 0 radical (unpaired) electrons. The Morgan fingerprint density at radius 3 is 2.95 bits per heavy atom. The molecular weight excluding hydrogens is 265 g/mol. The number of nitrogens with one attached hydrogen (secondary N) is 1. The van der Waals surface area contributed by atoms with Gasteiger partial charge in [-0.05, 0) is 37.8 Å². The Bertz CT molecular complexity index is 450. The van der Waals surface area contributed by atoms with Gasteiger partial charge in [-0.15, -0.1) is 0 Å². The number of pyridine rings is 1. The highest BCUT2D eigenvalue weighted by Gasteiger charge is 2.25. The van der Waals surface area contributed by atoms with Crippen LogP contribution in [0.25, 0.3) is 0 Å². The van der Waals surface area contributed by atoms with Gasteiger partial charge in [0.05, 0.1) is 0 Å². The van der Waals surface area contributed by atoms with Crippen LogP contribution in [0.5, 0.6) is 0 Å². The number of nitrogens with zero attached hydrogens (tertiary/aromatic N) is 2. The summed E-state index contributed by atoms with van der Waals surface area (Å²) >= 11 is 0. The van der Waals surface area contributed by atoms with Gasteiger partial charge in [0, 0.05) is 31.4 Å². The molecule has 1 aromatic rings. The van der Waals surface area contributed by atoms with Crippen molar-refractivity contribution in [2.75, 3.05) is 18.5 Å². The van der Waals surface area contributed by atoms with E-state index in [2.05, 4.69) is 24.1 Å². The van der Waals surface area contributed by atoms with Crippen molar-refractivity contribution in [2.24, 2.45) is 5.92 Å². The summed E-state index contributed by atoms with van der Waals surface area (Å²) in [5.41, 5.74) is 0.712. The van der Waals surface area contributed by atoms with Gasteiger partial charge in [-0.3, -0.25) is 0 Å². The standard InChI is InChI=1S/C17H28FN3/c1-4-9-19-12-14-8-10-20-17(16(14)18)21(3)15-7-5-6-13(2)11-15/h8,10,13,15,19H,4-7,9,11-12H2,1-3H3. The average Bonchev–Trinajstić information content (AvgIpc) is 2.48. The van der Waals surface area contributed by atoms with Crippen LogP contribution in [0.3, 0.4) is 0 Å². The molecule has 0 bridgehead atoms. The summed E-state index contributed by atoms with van der Waals surface area (Å²) in [5.74, 6) is 1.07. The molecule has 0 aliphatic heterocycles. The Hall–Kier alpha value is -1.16. The van der Waals surface area contributed by atoms with Crippen molar-refractivity contribution < 1.29 is 4.39 Å². The van der Waals surface area contributed by atoms with E-state index in [1.807, 2.05) is 11.9 Å². The minimum atomic E-state index is -0.165. The zero-order chi connectivity index (χ0) is 15.2. The summed E-state index contributed by atoms with van der Waals surface area (Å²) in [4.78, 5) is 6.34. The average molecular weight is 293 g/mol. The van der Waals surface area contributed by atoms with Gasteiger partial charge in [0.25, 0.3) is 0 Å². The summed E-state index contributed by atoms with van der Waals surface area (Å²) in [7, 11) is 1.98. The summed E-state index contributed by atoms with van der Waals surface area (Å²) in [6.45, 7) is 5.88. The number of anilines is 1. The highest BCUT2D eigenvalue weighted by atomic mass is 19.1. The molecule has 2 atom stereocenters. The fourth-order valence-corrected chi connectivity index (χ4v) is 3.18. The largest absolute Gasteiger partial charge is 0.354 e. The van der Waals surface area contributed by atoms with Crippen molar-refractivity contribution in [2.45, 2.75) is 58.5 Å². The lowest BCUT2D eigenvalue weighted by Crippen LogP contribution is -2.36. The predicted molar refractivity (Wildman–Crippen MR) is 86.0 cm³/mol. The molecule has 1 N–H and O–H groups in total. The minimum absolute atomic E-state index is 0.165. The maximum absolute atomic E-state index is 14.7. The second-order valence-electron chi connectivity index (χ2n) is 6.32. The van der Waals surface area contributed by atoms with Crippen LogP contribution in [0.1, 0.15) is 51.5 Å². The molecule has 1 fully saturated rings. The first-order valence-corrected chi connectivity index (χ1v) is 8.20. The SMILES string of the molecule is CCCNCc1ccnc(N(C)C2CCCC(C)C2)c1F. The molecule has 1 heterocycles. The summed E-state index contributed by atoms with van der Waals surface area (Å²) in [6, 6.07) is 2.19. The van der Waals surface area contributed by atoms with Gasteiger partial charge in [-0.25, -0.2) is 9.37 Å². The minimum Gasteiger partial charge on any atom is -0.354 e. The number of aromatic nitrogens is 1. The van der Waals surface area contributed by atoms with E-state index in [0.29, 0.717) is 24.0 Å². The maximum atomic E-state index is 14.7. The molecule has 3 nitrogen and oxygen atoms in total. The first-order valence-electron chi connectivity index (χ1n) is 8.20. The molecule has 0 amide bonds. The van der Waals surface area contributed by atoms with E-state index >= 15 is 0 Å². The lowest BCUT2D eigenvalue weighted by atomic mass is 9.86. The molecule has 1 aliphatic rings. The normalized spacial score (nSPS) is 22.3. The van der Waals surface area contributed by atoms with Crippen LogP contribution in [-0.2, 0) is 6.54 Å². The molecule has 2 unspecified atom stereocenters. The molecule has 4 heteroatoms. The fourth-order valence-electron chi connectivity index (χ4n) is 3.18. The van der Waals surface area contributed by atoms with Gasteiger partial charge in [0.1, 0.15) is 0 Å². The zero-order valence-corrected chi connectivity index (χ0v) is 13.5. The first kappa shape index (κ1) is 16.2. The topological polar surface area (TPSA) is 28.2 Å². The number of halogens is 1. The maximum Gasteiger partial charge on any atom is 0.170 e. The van der Waals surface area contributed by atoms with Crippen LogP contribution in [0.2, 0.25) is 0 Å². The first-order chi connectivity index (χ1) is 10.1. The van der Waals surface area contributed by atoms with Crippen molar-refractivity contribution in [3.63, 3.8) is 0 Å². The molecule has 0 aromatic carbocycles. The van der Waals surface area contributed by atoms with Crippen molar-refractivity contribution in [1.82, 2.24) is 10.3 Å². The van der Waals surface area contributed by atoms with E-state index in [4.69, 9.17) is 0 Å². The Labute approximate surface area is 127 Å². The Morgan fingerprint density at radius 1 is 1.43 bits per heavy atom. The smallest absolute Gasteiger partial charge is 0.170 e. The monoisotopic (exact) mass is 293 g/mol. The van der Waals surface area contributed by atoms with Crippen LogP contribution < -0.4 is 10.2 Å². The summed E-state index contributed by atoms with van der Waals surface area (Å²) in [6.07, 6.45) is 7.58. The second kappa shape index (κ2) is 7.74. The van der Waals surface area contributed by atoms with Gasteiger partial charge in [-0.1, -0.05) is 26.7 Å². The van der Waals surface area contributed by atoms with Gasteiger partial charge in [0.15, 0.2) is 11.6 Å². The lowest BCUT2D eigenvalue weighted by molar-refractivity contribution is 0.334. The van der Waals surface area contributed by atoms with Gasteiger partial charge >= 0.3 is 0 Å². The molecule has 1 aliphatic carbocycles. The predicted octanol–water partition coefficient (Wildman–Crippen LogP) is 3.74. The molecule has 2 rings (SSSR count). The summed E-state index contributed by atoms with van der Waals surface area (Å²) in [5, 5.41) is 3.26. The second-order valence-corrected chi connectivity index (χ2v) is 6.32. The number of hydrogen-bond donors (Lipinski definition) is 1. The molecule has 1 aromatic heterocycles. The Morgan fingerprint density at radius 2 is 2.24 bits per heavy atom. The highest BCUT2D eigenvalue weighted by molar-refractivity contribution is 5.43. The molecular formula is C17H28FN3. The lowest BCUT2D eigenvalue weighted by Gasteiger charge is -2.35. The van der Waals surface area contributed by atoms with Crippen LogP contribution in [0.4, 0.5) is 10.2 Å². The van der Waals surface area contributed by atoms with E-state index in [1.54, 1.807) is 12.3 Å². The van der Waals surface area contributed by atoms with Crippen molar-refractivity contribution in [1.29, 1.82) is 0 Å². The highest BCUT2D eigenvalue weighted by Crippen LogP contribution is 2.30. The van der Waals surface area contributed by atoms with E-state index in [1.165, 1.54) is 12.8 Å². The van der Waals surface area contributed by atoms with Crippen molar-refractivity contribution >= 4 is 5.82 Å². The third kappa shape index (κ3) is 4.16. The van der Waals surface area contributed by atoms with E-state index in [0.717, 1.165) is 31.7 Å². The van der Waals surface area contributed by atoms with Gasteiger partial charge < -0.3 is 10.2 Å². The van der Waals surface area contributed by atoms with Gasteiger partial charge in [-0.2, -0.15) is 0 Å². The van der Waals surface area contributed by atoms with E-state index < -0.39 is 0 Å². The molecule has 0 saturated heterocycles. The molecule has 21 heavy (non-hydrogen) atoms.